The van der Waals surface area contributed by atoms with Gasteiger partial charge in [0.2, 0.25) is 17.2 Å². The first-order valence-electron chi connectivity index (χ1n) is 8.05. The van der Waals surface area contributed by atoms with Crippen molar-refractivity contribution < 1.29 is 18.8 Å². The van der Waals surface area contributed by atoms with Gasteiger partial charge in [-0.25, -0.2) is 4.79 Å². The number of imide groups is 2. The first kappa shape index (κ1) is 16.7. The molecular formula is C18H14N4O5. The Morgan fingerprint density at radius 3 is 2.41 bits per heavy atom. The van der Waals surface area contributed by atoms with Gasteiger partial charge in [0.15, 0.2) is 5.92 Å². The van der Waals surface area contributed by atoms with Crippen LogP contribution in [0.5, 0.6) is 0 Å². The molecule has 0 aliphatic carbocycles. The number of para-hydroxylation sites is 1. The number of aromatic nitrogens is 2. The highest BCUT2D eigenvalue weighted by Gasteiger charge is 2.44. The standard InChI is InChI=1S/C18H14N4O5/c1-21-16(24)14(17(25)22(2)18(21)26)12-7-11(19-20-12)10-8-27-13-6-4-3-5-9(13)15(10)23/h3-8,14H,1-2H3,(H,19,20). The molecule has 0 bridgehead atoms. The molecule has 1 saturated heterocycles. The lowest BCUT2D eigenvalue weighted by molar-refractivity contribution is -0.143. The molecule has 1 N–H and O–H groups in total. The molecule has 1 aliphatic rings. The van der Waals surface area contributed by atoms with Crippen molar-refractivity contribution in [2.75, 3.05) is 14.1 Å². The van der Waals surface area contributed by atoms with Gasteiger partial charge in [-0.05, 0) is 18.2 Å². The number of urea groups is 1. The number of carbonyl (C=O) groups is 3. The van der Waals surface area contributed by atoms with E-state index in [1.165, 1.54) is 26.4 Å². The van der Waals surface area contributed by atoms with Crippen LogP contribution in [0.1, 0.15) is 11.6 Å². The number of H-pyrrole nitrogens is 1. The number of hydrogen-bond donors (Lipinski definition) is 1. The SMILES string of the molecule is CN1C(=O)C(c2cc(-c3coc4ccccc4c3=O)n[nH]2)C(=O)N(C)C1=O. The summed E-state index contributed by atoms with van der Waals surface area (Å²) in [6.45, 7) is 0. The molecule has 27 heavy (non-hydrogen) atoms. The second-order valence-corrected chi connectivity index (χ2v) is 6.19. The molecule has 1 aromatic carbocycles. The lowest BCUT2D eigenvalue weighted by atomic mass is 9.99. The van der Waals surface area contributed by atoms with E-state index in [2.05, 4.69) is 10.2 Å². The van der Waals surface area contributed by atoms with Gasteiger partial charge in [0.05, 0.1) is 22.3 Å². The van der Waals surface area contributed by atoms with Gasteiger partial charge in [0.1, 0.15) is 11.8 Å². The van der Waals surface area contributed by atoms with Crippen LogP contribution in [0, 0.1) is 0 Å². The Labute approximate surface area is 152 Å². The zero-order valence-electron chi connectivity index (χ0n) is 14.4. The van der Waals surface area contributed by atoms with Gasteiger partial charge in [-0.3, -0.25) is 29.3 Å². The summed E-state index contributed by atoms with van der Waals surface area (Å²) in [5, 5.41) is 7.08. The molecule has 3 aromatic rings. The minimum atomic E-state index is -1.23. The predicted octanol–water partition coefficient (Wildman–Crippen LogP) is 1.32. The molecule has 0 saturated carbocycles. The number of hydrogen-bond acceptors (Lipinski definition) is 6. The summed E-state index contributed by atoms with van der Waals surface area (Å²) in [5.41, 5.74) is 0.803. The normalized spacial score (nSPS) is 15.9. The van der Waals surface area contributed by atoms with Crippen molar-refractivity contribution in [2.24, 2.45) is 0 Å². The monoisotopic (exact) mass is 366 g/mol. The van der Waals surface area contributed by atoms with E-state index < -0.39 is 23.8 Å². The summed E-state index contributed by atoms with van der Waals surface area (Å²) in [5.74, 6) is -2.56. The first-order chi connectivity index (χ1) is 12.9. The molecule has 0 spiro atoms. The number of rotatable bonds is 2. The van der Waals surface area contributed by atoms with Gasteiger partial charge in [-0.1, -0.05) is 12.1 Å². The number of carbonyl (C=O) groups excluding carboxylic acids is 3. The van der Waals surface area contributed by atoms with Crippen molar-refractivity contribution in [1.29, 1.82) is 0 Å². The number of benzene rings is 1. The van der Waals surface area contributed by atoms with Crippen LogP contribution in [-0.4, -0.2) is 51.9 Å². The molecule has 4 rings (SSSR count). The predicted molar refractivity (Wildman–Crippen MR) is 93.7 cm³/mol. The average Bonchev–Trinajstić information content (AvgIpc) is 3.15. The van der Waals surface area contributed by atoms with E-state index in [1.807, 2.05) is 0 Å². The Balaban J connectivity index is 1.77. The summed E-state index contributed by atoms with van der Waals surface area (Å²) < 4.78 is 5.47. The molecular weight excluding hydrogens is 352 g/mol. The maximum absolute atomic E-state index is 12.7. The summed E-state index contributed by atoms with van der Waals surface area (Å²) in [6.07, 6.45) is 1.29. The zero-order chi connectivity index (χ0) is 19.3. The highest BCUT2D eigenvalue weighted by atomic mass is 16.3. The highest BCUT2D eigenvalue weighted by molar-refractivity contribution is 6.18. The van der Waals surface area contributed by atoms with Crippen LogP contribution in [0.25, 0.3) is 22.2 Å². The number of amides is 4. The van der Waals surface area contributed by atoms with E-state index in [0.717, 1.165) is 9.80 Å². The quantitative estimate of drug-likeness (QED) is 0.684. The highest BCUT2D eigenvalue weighted by Crippen LogP contribution is 2.27. The second-order valence-electron chi connectivity index (χ2n) is 6.19. The van der Waals surface area contributed by atoms with Crippen LogP contribution in [0.3, 0.4) is 0 Å². The molecule has 1 aliphatic heterocycles. The lowest BCUT2D eigenvalue weighted by Crippen LogP contribution is -2.55. The molecule has 3 heterocycles. The molecule has 9 heteroatoms. The lowest BCUT2D eigenvalue weighted by Gasteiger charge is -2.32. The summed E-state index contributed by atoms with van der Waals surface area (Å²) in [6, 6.07) is 7.54. The Hall–Kier alpha value is -3.75. The van der Waals surface area contributed by atoms with E-state index in [1.54, 1.807) is 24.3 Å². The molecule has 4 amide bonds. The van der Waals surface area contributed by atoms with Gasteiger partial charge in [0, 0.05) is 14.1 Å². The van der Waals surface area contributed by atoms with Gasteiger partial charge in [-0.2, -0.15) is 5.10 Å². The molecule has 0 atom stereocenters. The van der Waals surface area contributed by atoms with E-state index in [4.69, 9.17) is 4.42 Å². The minimum absolute atomic E-state index is 0.193. The third-order valence-corrected chi connectivity index (χ3v) is 4.59. The molecule has 136 valence electrons. The Kier molecular flexibility index (Phi) is 3.65. The minimum Gasteiger partial charge on any atom is -0.463 e. The van der Waals surface area contributed by atoms with Crippen molar-refractivity contribution in [3.63, 3.8) is 0 Å². The fourth-order valence-corrected chi connectivity index (χ4v) is 3.05. The number of barbiturate groups is 1. The number of nitrogens with zero attached hydrogens (tertiary/aromatic N) is 3. The third-order valence-electron chi connectivity index (χ3n) is 4.59. The molecule has 9 nitrogen and oxygen atoms in total. The average molecular weight is 366 g/mol. The van der Waals surface area contributed by atoms with E-state index in [0.29, 0.717) is 11.0 Å². The van der Waals surface area contributed by atoms with Crippen LogP contribution < -0.4 is 5.43 Å². The van der Waals surface area contributed by atoms with Crippen molar-refractivity contribution >= 4 is 28.8 Å². The summed E-state index contributed by atoms with van der Waals surface area (Å²) in [7, 11) is 2.60. The maximum atomic E-state index is 12.7. The van der Waals surface area contributed by atoms with E-state index >= 15 is 0 Å². The van der Waals surface area contributed by atoms with Crippen LogP contribution in [0.15, 0.2) is 45.8 Å². The van der Waals surface area contributed by atoms with E-state index in [9.17, 15) is 19.2 Å². The van der Waals surface area contributed by atoms with Gasteiger partial charge < -0.3 is 4.42 Å². The molecule has 0 radical (unpaired) electrons. The third kappa shape index (κ3) is 2.43. The smallest absolute Gasteiger partial charge is 0.332 e. The van der Waals surface area contributed by atoms with Gasteiger partial charge >= 0.3 is 6.03 Å². The fraction of sp³-hybridized carbons (Fsp3) is 0.167. The Morgan fingerprint density at radius 1 is 1.04 bits per heavy atom. The van der Waals surface area contributed by atoms with Crippen molar-refractivity contribution in [2.45, 2.75) is 5.92 Å². The number of nitrogens with one attached hydrogen (secondary N) is 1. The van der Waals surface area contributed by atoms with Crippen LogP contribution in [0.4, 0.5) is 4.79 Å². The van der Waals surface area contributed by atoms with Gasteiger partial charge in [0.25, 0.3) is 0 Å². The van der Waals surface area contributed by atoms with Crippen LogP contribution in [-0.2, 0) is 9.59 Å². The first-order valence-corrected chi connectivity index (χ1v) is 8.05. The molecule has 0 unspecified atom stereocenters. The number of fused-ring (bicyclic) bond motifs is 1. The van der Waals surface area contributed by atoms with Crippen molar-refractivity contribution in [3.05, 3.63) is 52.5 Å². The van der Waals surface area contributed by atoms with Crippen LogP contribution in [0.2, 0.25) is 0 Å². The molecule has 2 aromatic heterocycles. The van der Waals surface area contributed by atoms with E-state index in [-0.39, 0.29) is 22.4 Å². The second kappa shape index (κ2) is 5.90. The Bertz CT molecular complexity index is 1140. The van der Waals surface area contributed by atoms with Gasteiger partial charge in [-0.15, -0.1) is 0 Å². The van der Waals surface area contributed by atoms with Crippen LogP contribution >= 0.6 is 0 Å². The summed E-state index contributed by atoms with van der Waals surface area (Å²) in [4.78, 5) is 51.1. The number of aromatic amines is 1. The van der Waals surface area contributed by atoms with Crippen molar-refractivity contribution in [3.8, 4) is 11.3 Å². The zero-order valence-corrected chi connectivity index (χ0v) is 14.4. The van der Waals surface area contributed by atoms with Crippen molar-refractivity contribution in [1.82, 2.24) is 20.0 Å². The maximum Gasteiger partial charge on any atom is 0.332 e. The summed E-state index contributed by atoms with van der Waals surface area (Å²) >= 11 is 0. The largest absolute Gasteiger partial charge is 0.463 e. The number of likely N-dealkylation sites (N-methyl/N-ethyl adjacent to an activating group) is 2. The topological polar surface area (TPSA) is 117 Å². The Morgan fingerprint density at radius 2 is 1.70 bits per heavy atom. The fourth-order valence-electron chi connectivity index (χ4n) is 3.05. The molecule has 1 fully saturated rings.